The first-order valence-electron chi connectivity index (χ1n) is 9.29. The maximum Gasteiger partial charge on any atom is 0.387 e. The van der Waals surface area contributed by atoms with Gasteiger partial charge in [0.15, 0.2) is 0 Å². The van der Waals surface area contributed by atoms with Crippen molar-refractivity contribution in [1.82, 2.24) is 10.2 Å². The van der Waals surface area contributed by atoms with E-state index in [1.54, 1.807) is 18.2 Å². The van der Waals surface area contributed by atoms with Gasteiger partial charge in [0.25, 0.3) is 5.91 Å². The van der Waals surface area contributed by atoms with Crippen molar-refractivity contribution in [2.75, 3.05) is 13.1 Å². The Morgan fingerprint density at radius 3 is 2.62 bits per heavy atom. The van der Waals surface area contributed by atoms with Crippen molar-refractivity contribution in [3.63, 3.8) is 0 Å². The lowest BCUT2D eigenvalue weighted by atomic mass is 9.96. The lowest BCUT2D eigenvalue weighted by molar-refractivity contribution is -0.126. The molecule has 2 aromatic carbocycles. The second-order valence-corrected chi connectivity index (χ2v) is 7.25. The van der Waals surface area contributed by atoms with Gasteiger partial charge in [0, 0.05) is 24.7 Å². The lowest BCUT2D eigenvalue weighted by Crippen LogP contribution is -2.45. The fraction of sp³-hybridized carbons (Fsp3) is 0.333. The van der Waals surface area contributed by atoms with Gasteiger partial charge < -0.3 is 15.0 Å². The molecule has 0 radical (unpaired) electrons. The molecule has 5 nitrogen and oxygen atoms in total. The fourth-order valence-electron chi connectivity index (χ4n) is 3.32. The van der Waals surface area contributed by atoms with Crippen LogP contribution in [0.25, 0.3) is 0 Å². The SMILES string of the molecule is O=C(NCc1ccc(Cl)cc1)C1CCCN(C(=O)c2ccccc2OC(F)F)C1. The number of carbonyl (C=O) groups is 2. The van der Waals surface area contributed by atoms with Crippen LogP contribution in [0.2, 0.25) is 5.02 Å². The molecule has 0 bridgehead atoms. The van der Waals surface area contributed by atoms with Gasteiger partial charge in [-0.3, -0.25) is 9.59 Å². The highest BCUT2D eigenvalue weighted by Gasteiger charge is 2.30. The van der Waals surface area contributed by atoms with Gasteiger partial charge in [0.1, 0.15) is 5.75 Å². The predicted molar refractivity (Wildman–Crippen MR) is 105 cm³/mol. The number of nitrogens with one attached hydrogen (secondary N) is 1. The number of likely N-dealkylation sites (tertiary alicyclic amines) is 1. The van der Waals surface area contributed by atoms with E-state index in [4.69, 9.17) is 11.6 Å². The van der Waals surface area contributed by atoms with E-state index in [1.807, 2.05) is 12.1 Å². The van der Waals surface area contributed by atoms with Gasteiger partial charge in [0.05, 0.1) is 11.5 Å². The molecule has 0 aliphatic carbocycles. The lowest BCUT2D eigenvalue weighted by Gasteiger charge is -2.32. The smallest absolute Gasteiger partial charge is 0.387 e. The van der Waals surface area contributed by atoms with Crippen LogP contribution >= 0.6 is 11.6 Å². The molecule has 2 aromatic rings. The van der Waals surface area contributed by atoms with Crippen LogP contribution in [0.4, 0.5) is 8.78 Å². The van der Waals surface area contributed by atoms with E-state index in [9.17, 15) is 18.4 Å². The minimum Gasteiger partial charge on any atom is -0.434 e. The van der Waals surface area contributed by atoms with E-state index >= 15 is 0 Å². The predicted octanol–water partition coefficient (Wildman–Crippen LogP) is 4.11. The zero-order valence-corrected chi connectivity index (χ0v) is 16.4. The van der Waals surface area contributed by atoms with Gasteiger partial charge in [0.2, 0.25) is 5.91 Å². The Bertz CT molecular complexity index is 861. The zero-order valence-electron chi connectivity index (χ0n) is 15.6. The van der Waals surface area contributed by atoms with Crippen LogP contribution in [0.15, 0.2) is 48.5 Å². The van der Waals surface area contributed by atoms with Gasteiger partial charge >= 0.3 is 6.61 Å². The van der Waals surface area contributed by atoms with Crippen molar-refractivity contribution in [3.8, 4) is 5.75 Å². The summed E-state index contributed by atoms with van der Waals surface area (Å²) in [7, 11) is 0. The molecule has 3 rings (SSSR count). The van der Waals surface area contributed by atoms with E-state index in [1.165, 1.54) is 23.1 Å². The molecule has 1 fully saturated rings. The summed E-state index contributed by atoms with van der Waals surface area (Å²) >= 11 is 5.86. The monoisotopic (exact) mass is 422 g/mol. The molecule has 0 spiro atoms. The number of nitrogens with zero attached hydrogens (tertiary/aromatic N) is 1. The Kier molecular flexibility index (Phi) is 7.04. The first-order chi connectivity index (χ1) is 13.9. The third kappa shape index (κ3) is 5.67. The Morgan fingerprint density at radius 1 is 1.17 bits per heavy atom. The number of para-hydroxylation sites is 1. The molecule has 0 saturated carbocycles. The highest BCUT2D eigenvalue weighted by Crippen LogP contribution is 2.25. The van der Waals surface area contributed by atoms with Crippen molar-refractivity contribution in [2.24, 2.45) is 5.92 Å². The Hall–Kier alpha value is -2.67. The average molecular weight is 423 g/mol. The largest absolute Gasteiger partial charge is 0.434 e. The van der Waals surface area contributed by atoms with E-state index in [2.05, 4.69) is 10.1 Å². The number of piperidine rings is 1. The van der Waals surface area contributed by atoms with Gasteiger partial charge in [-0.05, 0) is 42.7 Å². The number of carbonyl (C=O) groups excluding carboxylic acids is 2. The summed E-state index contributed by atoms with van der Waals surface area (Å²) in [5.74, 6) is -1.09. The molecule has 1 N–H and O–H groups in total. The van der Waals surface area contributed by atoms with Gasteiger partial charge in [-0.25, -0.2) is 0 Å². The first kappa shape index (κ1) is 21.0. The van der Waals surface area contributed by atoms with Gasteiger partial charge in [-0.1, -0.05) is 35.9 Å². The fourth-order valence-corrected chi connectivity index (χ4v) is 3.45. The summed E-state index contributed by atoms with van der Waals surface area (Å²) in [6, 6.07) is 13.1. The van der Waals surface area contributed by atoms with Crippen LogP contribution in [0.1, 0.15) is 28.8 Å². The minimum absolute atomic E-state index is 0.0648. The number of amides is 2. The molecule has 29 heavy (non-hydrogen) atoms. The van der Waals surface area contributed by atoms with E-state index in [-0.39, 0.29) is 29.7 Å². The zero-order chi connectivity index (χ0) is 20.8. The Labute approximate surface area is 172 Å². The summed E-state index contributed by atoms with van der Waals surface area (Å²) in [5, 5.41) is 3.50. The van der Waals surface area contributed by atoms with Crippen molar-refractivity contribution >= 4 is 23.4 Å². The van der Waals surface area contributed by atoms with Crippen molar-refractivity contribution < 1.29 is 23.1 Å². The molecule has 2 amide bonds. The van der Waals surface area contributed by atoms with Crippen LogP contribution < -0.4 is 10.1 Å². The molecule has 1 atom stereocenters. The highest BCUT2D eigenvalue weighted by molar-refractivity contribution is 6.30. The van der Waals surface area contributed by atoms with Crippen LogP contribution in [0.3, 0.4) is 0 Å². The van der Waals surface area contributed by atoms with Crippen LogP contribution in [-0.2, 0) is 11.3 Å². The summed E-state index contributed by atoms with van der Waals surface area (Å²) in [5.41, 5.74) is 0.986. The number of benzene rings is 2. The molecule has 0 aromatic heterocycles. The average Bonchev–Trinajstić information content (AvgIpc) is 2.72. The molecule has 1 heterocycles. The van der Waals surface area contributed by atoms with E-state index in [0.29, 0.717) is 31.0 Å². The normalized spacial score (nSPS) is 16.6. The second-order valence-electron chi connectivity index (χ2n) is 6.81. The standard InChI is InChI=1S/C21H21ClF2N2O3/c22-16-9-7-14(8-10-16)12-25-19(27)15-4-3-11-26(13-15)20(28)17-5-1-2-6-18(17)29-21(23)24/h1-2,5-10,15,21H,3-4,11-13H2,(H,25,27). The molecule has 1 aliphatic heterocycles. The van der Waals surface area contributed by atoms with Crippen molar-refractivity contribution in [3.05, 3.63) is 64.7 Å². The minimum atomic E-state index is -3.02. The molecular weight excluding hydrogens is 402 g/mol. The molecule has 8 heteroatoms. The molecular formula is C21H21ClF2N2O3. The maximum absolute atomic E-state index is 12.8. The second kappa shape index (κ2) is 9.69. The Morgan fingerprint density at radius 2 is 1.90 bits per heavy atom. The van der Waals surface area contributed by atoms with Gasteiger partial charge in [-0.2, -0.15) is 8.78 Å². The van der Waals surface area contributed by atoms with Crippen LogP contribution in [0, 0.1) is 5.92 Å². The van der Waals surface area contributed by atoms with Crippen LogP contribution in [-0.4, -0.2) is 36.4 Å². The number of hydrogen-bond donors (Lipinski definition) is 1. The highest BCUT2D eigenvalue weighted by atomic mass is 35.5. The van der Waals surface area contributed by atoms with Crippen LogP contribution in [0.5, 0.6) is 5.75 Å². The van der Waals surface area contributed by atoms with Crippen molar-refractivity contribution in [1.29, 1.82) is 0 Å². The molecule has 1 unspecified atom stereocenters. The summed E-state index contributed by atoms with van der Waals surface area (Å²) in [6.07, 6.45) is 1.31. The number of ether oxygens (including phenoxy) is 1. The molecule has 154 valence electrons. The van der Waals surface area contributed by atoms with Gasteiger partial charge in [-0.15, -0.1) is 0 Å². The summed E-state index contributed by atoms with van der Waals surface area (Å²) in [6.45, 7) is -1.96. The number of halogens is 3. The molecule has 1 aliphatic rings. The summed E-state index contributed by atoms with van der Waals surface area (Å²) < 4.78 is 29.7. The van der Waals surface area contributed by atoms with Crippen molar-refractivity contribution in [2.45, 2.75) is 26.0 Å². The third-order valence-corrected chi connectivity index (χ3v) is 5.04. The maximum atomic E-state index is 12.8. The summed E-state index contributed by atoms with van der Waals surface area (Å²) in [4.78, 5) is 26.9. The van der Waals surface area contributed by atoms with E-state index in [0.717, 1.165) is 5.56 Å². The van der Waals surface area contributed by atoms with E-state index < -0.39 is 12.5 Å². The number of rotatable bonds is 6. The topological polar surface area (TPSA) is 58.6 Å². The Balaban J connectivity index is 1.62. The first-order valence-corrected chi connectivity index (χ1v) is 9.67. The quantitative estimate of drug-likeness (QED) is 0.762. The molecule has 1 saturated heterocycles. The third-order valence-electron chi connectivity index (χ3n) is 4.79. The number of hydrogen-bond acceptors (Lipinski definition) is 3. The number of alkyl halides is 2.